The van der Waals surface area contributed by atoms with Crippen LogP contribution < -0.4 is 5.32 Å². The fraction of sp³-hybridized carbons (Fsp3) is 0.250. The summed E-state index contributed by atoms with van der Waals surface area (Å²) >= 11 is 18.1. The molecule has 0 spiro atoms. The molecule has 0 aliphatic carbocycles. The summed E-state index contributed by atoms with van der Waals surface area (Å²) in [7, 11) is 0. The molecular weight excluding hydrogens is 478 g/mol. The van der Waals surface area contributed by atoms with Crippen LogP contribution in [0.3, 0.4) is 0 Å². The van der Waals surface area contributed by atoms with Crippen LogP contribution in [0.25, 0.3) is 0 Å². The molecule has 0 aliphatic rings. The van der Waals surface area contributed by atoms with E-state index >= 15 is 0 Å². The average molecular weight is 495 g/mol. The molecule has 0 saturated carbocycles. The Labute approximate surface area is 191 Å². The van der Waals surface area contributed by atoms with Crippen LogP contribution in [0.2, 0.25) is 15.1 Å². The quantitative estimate of drug-likeness (QED) is 0.345. The number of ether oxygens (including phenoxy) is 1. The maximum atomic E-state index is 12.3. The first-order valence-corrected chi connectivity index (χ1v) is 9.98. The van der Waals surface area contributed by atoms with Crippen LogP contribution in [-0.4, -0.2) is 36.8 Å². The molecule has 0 bridgehead atoms. The maximum absolute atomic E-state index is 12.3. The second kappa shape index (κ2) is 10.9. The van der Waals surface area contributed by atoms with Gasteiger partial charge in [-0.2, -0.15) is 0 Å². The van der Waals surface area contributed by atoms with Crippen molar-refractivity contribution in [1.82, 2.24) is 5.32 Å². The molecule has 1 unspecified atom stereocenters. The lowest BCUT2D eigenvalue weighted by molar-refractivity contribution is -0.323. The molecule has 0 radical (unpaired) electrons. The number of nitrogens with zero attached hydrogens (tertiary/aromatic N) is 1. The Kier molecular flexibility index (Phi) is 8.88. The van der Waals surface area contributed by atoms with Crippen LogP contribution in [0.15, 0.2) is 47.5 Å². The van der Waals surface area contributed by atoms with Gasteiger partial charge >= 0.3 is 6.36 Å². The van der Waals surface area contributed by atoms with Crippen LogP contribution >= 0.6 is 34.8 Å². The van der Waals surface area contributed by atoms with Crippen LogP contribution in [-0.2, 0) is 9.53 Å². The standard InChI is InChI=1S/C20H17Cl3F3N3O2/c1-11(17(27)19(30)28-8-9-31-20(24,25)26)18(12-2-4-13(21)5-3-12)29-16-7-6-14(22)10-15(16)23/h2-7,10-11,27H,8-9H2,1H3,(H,28,30). The van der Waals surface area contributed by atoms with Crippen LogP contribution in [0.1, 0.15) is 12.5 Å². The second-order valence-electron chi connectivity index (χ2n) is 6.29. The molecule has 5 nitrogen and oxygen atoms in total. The normalized spacial score (nSPS) is 13.1. The molecule has 0 aliphatic heterocycles. The zero-order valence-corrected chi connectivity index (χ0v) is 18.3. The molecule has 166 valence electrons. The minimum absolute atomic E-state index is 0.270. The molecule has 11 heteroatoms. The number of halogens is 6. The smallest absolute Gasteiger partial charge is 0.349 e. The summed E-state index contributed by atoms with van der Waals surface area (Å²) < 4.78 is 39.7. The summed E-state index contributed by atoms with van der Waals surface area (Å²) in [4.78, 5) is 16.8. The first-order chi connectivity index (χ1) is 14.5. The predicted molar refractivity (Wildman–Crippen MR) is 116 cm³/mol. The van der Waals surface area contributed by atoms with Crippen molar-refractivity contribution < 1.29 is 22.7 Å². The Hall–Kier alpha value is -2.13. The first kappa shape index (κ1) is 25.1. The van der Waals surface area contributed by atoms with Gasteiger partial charge < -0.3 is 5.32 Å². The number of rotatable bonds is 8. The average Bonchev–Trinajstić information content (AvgIpc) is 2.69. The van der Waals surface area contributed by atoms with Gasteiger partial charge in [-0.15, -0.1) is 13.2 Å². The number of alkyl halides is 3. The molecule has 2 N–H and O–H groups in total. The van der Waals surface area contributed by atoms with E-state index in [1.807, 2.05) is 0 Å². The monoisotopic (exact) mass is 493 g/mol. The number of carbonyl (C=O) groups excluding carboxylic acids is 1. The highest BCUT2D eigenvalue weighted by Crippen LogP contribution is 2.30. The summed E-state index contributed by atoms with van der Waals surface area (Å²) in [5.41, 5.74) is 0.897. The number of nitrogens with one attached hydrogen (secondary N) is 2. The van der Waals surface area contributed by atoms with E-state index in [1.54, 1.807) is 43.3 Å². The lowest BCUT2D eigenvalue weighted by atomic mass is 9.93. The number of aliphatic imine (C=N–C) groups is 1. The number of amides is 1. The van der Waals surface area contributed by atoms with Gasteiger partial charge in [0.25, 0.3) is 5.91 Å². The summed E-state index contributed by atoms with van der Waals surface area (Å²) in [5.74, 6) is -1.67. The van der Waals surface area contributed by atoms with Gasteiger partial charge in [0, 0.05) is 22.5 Å². The Morgan fingerprint density at radius 1 is 1.13 bits per heavy atom. The van der Waals surface area contributed by atoms with Crippen molar-refractivity contribution in [3.8, 4) is 0 Å². The van der Waals surface area contributed by atoms with Crippen molar-refractivity contribution in [2.75, 3.05) is 13.2 Å². The van der Waals surface area contributed by atoms with Crippen molar-refractivity contribution >= 4 is 57.8 Å². The van der Waals surface area contributed by atoms with Crippen LogP contribution in [0, 0.1) is 11.3 Å². The zero-order valence-electron chi connectivity index (χ0n) is 16.1. The summed E-state index contributed by atoms with van der Waals surface area (Å²) in [6.45, 7) is 0.394. The van der Waals surface area contributed by atoms with E-state index in [9.17, 15) is 18.0 Å². The van der Waals surface area contributed by atoms with E-state index in [0.29, 0.717) is 27.0 Å². The van der Waals surface area contributed by atoms with E-state index < -0.39 is 37.1 Å². The topological polar surface area (TPSA) is 74.5 Å². The highest BCUT2D eigenvalue weighted by Gasteiger charge is 2.29. The fourth-order valence-corrected chi connectivity index (χ4v) is 3.07. The van der Waals surface area contributed by atoms with Crippen LogP contribution in [0.5, 0.6) is 0 Å². The SMILES string of the molecule is CC(C(=N)C(=O)NCCOC(F)(F)F)C(=Nc1ccc(Cl)cc1Cl)c1ccc(Cl)cc1. The van der Waals surface area contributed by atoms with Gasteiger partial charge in [0.1, 0.15) is 5.71 Å². The summed E-state index contributed by atoms with van der Waals surface area (Å²) in [6, 6.07) is 11.3. The van der Waals surface area contributed by atoms with Gasteiger partial charge in [-0.3, -0.25) is 19.9 Å². The lowest BCUT2D eigenvalue weighted by Crippen LogP contribution is -2.39. The third-order valence-corrected chi connectivity index (χ3v) is 4.82. The fourth-order valence-electron chi connectivity index (χ4n) is 2.49. The second-order valence-corrected chi connectivity index (χ2v) is 7.57. The van der Waals surface area contributed by atoms with Crippen molar-refractivity contribution in [3.63, 3.8) is 0 Å². The number of hydrogen-bond donors (Lipinski definition) is 2. The molecule has 0 saturated heterocycles. The van der Waals surface area contributed by atoms with Crippen molar-refractivity contribution in [3.05, 3.63) is 63.1 Å². The van der Waals surface area contributed by atoms with E-state index in [0.717, 1.165) is 0 Å². The highest BCUT2D eigenvalue weighted by molar-refractivity contribution is 6.43. The first-order valence-electron chi connectivity index (χ1n) is 8.85. The molecule has 2 aromatic carbocycles. The Bertz CT molecular complexity index is 980. The van der Waals surface area contributed by atoms with Gasteiger partial charge in [0.05, 0.1) is 23.0 Å². The van der Waals surface area contributed by atoms with Gasteiger partial charge in [0.2, 0.25) is 0 Å². The Morgan fingerprint density at radius 3 is 2.32 bits per heavy atom. The largest absolute Gasteiger partial charge is 0.522 e. The molecule has 1 atom stereocenters. The van der Waals surface area contributed by atoms with E-state index in [2.05, 4.69) is 15.0 Å². The Morgan fingerprint density at radius 2 is 1.74 bits per heavy atom. The number of hydrogen-bond acceptors (Lipinski definition) is 4. The maximum Gasteiger partial charge on any atom is 0.522 e. The van der Waals surface area contributed by atoms with Crippen molar-refractivity contribution in [1.29, 1.82) is 5.41 Å². The molecule has 0 aromatic heterocycles. The lowest BCUT2D eigenvalue weighted by Gasteiger charge is -2.17. The number of benzene rings is 2. The van der Waals surface area contributed by atoms with Gasteiger partial charge in [0.15, 0.2) is 0 Å². The van der Waals surface area contributed by atoms with Gasteiger partial charge in [-0.1, -0.05) is 53.9 Å². The van der Waals surface area contributed by atoms with E-state index in [-0.39, 0.29) is 5.02 Å². The molecule has 2 rings (SSSR count). The van der Waals surface area contributed by atoms with Gasteiger partial charge in [-0.05, 0) is 35.9 Å². The number of carbonyl (C=O) groups is 1. The molecule has 0 fully saturated rings. The Balaban J connectivity index is 2.26. The van der Waals surface area contributed by atoms with E-state index in [4.69, 9.17) is 40.2 Å². The van der Waals surface area contributed by atoms with Crippen molar-refractivity contribution in [2.45, 2.75) is 13.3 Å². The van der Waals surface area contributed by atoms with Gasteiger partial charge in [-0.25, -0.2) is 0 Å². The third kappa shape index (κ3) is 7.81. The molecule has 1 amide bonds. The summed E-state index contributed by atoms with van der Waals surface area (Å²) in [6.07, 6.45) is -4.79. The van der Waals surface area contributed by atoms with Crippen molar-refractivity contribution in [2.24, 2.45) is 10.9 Å². The summed E-state index contributed by atoms with van der Waals surface area (Å²) in [5, 5.41) is 11.6. The van der Waals surface area contributed by atoms with Crippen LogP contribution in [0.4, 0.5) is 18.9 Å². The minimum atomic E-state index is -4.79. The molecule has 31 heavy (non-hydrogen) atoms. The third-order valence-electron chi connectivity index (χ3n) is 4.03. The predicted octanol–water partition coefficient (Wildman–Crippen LogP) is 6.08. The highest BCUT2D eigenvalue weighted by atomic mass is 35.5. The minimum Gasteiger partial charge on any atom is -0.349 e. The molecule has 0 heterocycles. The zero-order chi connectivity index (χ0) is 23.2. The molecular formula is C20H17Cl3F3N3O2. The van der Waals surface area contributed by atoms with E-state index in [1.165, 1.54) is 6.07 Å². The molecule has 2 aromatic rings.